The van der Waals surface area contributed by atoms with Crippen LogP contribution in [0.5, 0.6) is 0 Å². The van der Waals surface area contributed by atoms with Crippen molar-refractivity contribution in [1.29, 1.82) is 0 Å². The molecule has 1 atom stereocenters. The van der Waals surface area contributed by atoms with Gasteiger partial charge in [0.1, 0.15) is 6.61 Å². The molecule has 1 rings (SSSR count). The van der Waals surface area contributed by atoms with Crippen molar-refractivity contribution in [3.8, 4) is 0 Å². The molecule has 1 heterocycles. The van der Waals surface area contributed by atoms with Gasteiger partial charge in [-0.15, -0.1) is 0 Å². The van der Waals surface area contributed by atoms with E-state index in [1.165, 1.54) is 0 Å². The third-order valence-corrected chi connectivity index (χ3v) is 2.11. The summed E-state index contributed by atoms with van der Waals surface area (Å²) in [5.41, 5.74) is 0. The lowest BCUT2D eigenvalue weighted by Gasteiger charge is -2.17. The van der Waals surface area contributed by atoms with Crippen molar-refractivity contribution >= 4 is 5.91 Å². The van der Waals surface area contributed by atoms with E-state index < -0.39 is 0 Å². The summed E-state index contributed by atoms with van der Waals surface area (Å²) >= 11 is 0. The molecule has 3 nitrogen and oxygen atoms in total. The minimum absolute atomic E-state index is 0.0981. The molecule has 0 unspecified atom stereocenters. The highest BCUT2D eigenvalue weighted by Crippen LogP contribution is 2.08. The van der Waals surface area contributed by atoms with Crippen molar-refractivity contribution in [3.05, 3.63) is 0 Å². The number of rotatable bonds is 1. The Morgan fingerprint density at radius 3 is 3.09 bits per heavy atom. The van der Waals surface area contributed by atoms with Crippen molar-refractivity contribution in [2.45, 2.75) is 13.3 Å². The van der Waals surface area contributed by atoms with Crippen molar-refractivity contribution in [3.63, 3.8) is 0 Å². The summed E-state index contributed by atoms with van der Waals surface area (Å²) in [5, 5.41) is 0. The zero-order valence-electron chi connectivity index (χ0n) is 7.17. The number of carbonyl (C=O) groups is 1. The number of likely N-dealkylation sites (N-methyl/N-ethyl adjacent to an activating group) is 1. The van der Waals surface area contributed by atoms with Crippen LogP contribution in [0, 0.1) is 5.92 Å². The quantitative estimate of drug-likeness (QED) is 0.554. The van der Waals surface area contributed by atoms with Crippen LogP contribution in [0.4, 0.5) is 0 Å². The fourth-order valence-corrected chi connectivity index (χ4v) is 1.21. The van der Waals surface area contributed by atoms with E-state index in [1.807, 2.05) is 7.05 Å². The van der Waals surface area contributed by atoms with Gasteiger partial charge in [0.15, 0.2) is 0 Å². The van der Waals surface area contributed by atoms with Gasteiger partial charge in [-0.25, -0.2) is 0 Å². The summed E-state index contributed by atoms with van der Waals surface area (Å²) in [4.78, 5) is 12.8. The molecule has 1 saturated heterocycles. The molecule has 0 saturated carbocycles. The van der Waals surface area contributed by atoms with Crippen LogP contribution in [0.1, 0.15) is 13.3 Å². The molecule has 1 aliphatic heterocycles. The van der Waals surface area contributed by atoms with E-state index in [2.05, 4.69) is 6.92 Å². The van der Waals surface area contributed by atoms with Crippen LogP contribution >= 0.6 is 0 Å². The molecule has 0 aromatic rings. The molecular formula is C8H15NO2. The molecule has 0 aromatic carbocycles. The topological polar surface area (TPSA) is 29.5 Å². The monoisotopic (exact) mass is 157 g/mol. The number of hydrogen-bond acceptors (Lipinski definition) is 2. The van der Waals surface area contributed by atoms with Crippen molar-refractivity contribution < 1.29 is 9.53 Å². The Hall–Kier alpha value is -0.570. The van der Waals surface area contributed by atoms with Gasteiger partial charge >= 0.3 is 0 Å². The zero-order chi connectivity index (χ0) is 8.27. The summed E-state index contributed by atoms with van der Waals surface area (Å²) < 4.78 is 5.19. The Labute approximate surface area is 67.3 Å². The maximum absolute atomic E-state index is 11.1. The fourth-order valence-electron chi connectivity index (χ4n) is 1.21. The molecule has 64 valence electrons. The second kappa shape index (κ2) is 3.72. The predicted octanol–water partition coefficient (Wildman–Crippen LogP) is 0.501. The van der Waals surface area contributed by atoms with Gasteiger partial charge in [-0.2, -0.15) is 0 Å². The Bertz CT molecular complexity index is 147. The number of ether oxygens (including phenoxy) is 1. The number of amides is 1. The number of hydrogen-bond donors (Lipinski definition) is 0. The average molecular weight is 157 g/mol. The third kappa shape index (κ3) is 2.19. The van der Waals surface area contributed by atoms with Gasteiger partial charge < -0.3 is 9.64 Å². The largest absolute Gasteiger partial charge is 0.371 e. The van der Waals surface area contributed by atoms with Gasteiger partial charge in [0.25, 0.3) is 0 Å². The Balaban J connectivity index is 2.48. The van der Waals surface area contributed by atoms with Gasteiger partial charge in [-0.1, -0.05) is 6.92 Å². The highest BCUT2D eigenvalue weighted by atomic mass is 16.5. The maximum Gasteiger partial charge on any atom is 0.248 e. The first kappa shape index (κ1) is 8.53. The molecule has 0 aromatic heterocycles. The summed E-state index contributed by atoms with van der Waals surface area (Å²) in [7, 11) is 1.83. The van der Waals surface area contributed by atoms with Crippen LogP contribution in [-0.2, 0) is 9.53 Å². The standard InChI is InChI=1S/C8H15NO2/c1-3-7-4-9(2)8(10)6-11-5-7/h7H,3-6H2,1-2H3/t7-/m1/s1. The zero-order valence-corrected chi connectivity index (χ0v) is 7.17. The van der Waals surface area contributed by atoms with Gasteiger partial charge in [-0.05, 0) is 12.3 Å². The molecular weight excluding hydrogens is 142 g/mol. The van der Waals surface area contributed by atoms with E-state index in [0.29, 0.717) is 5.92 Å². The fraction of sp³-hybridized carbons (Fsp3) is 0.875. The van der Waals surface area contributed by atoms with E-state index in [4.69, 9.17) is 4.74 Å². The van der Waals surface area contributed by atoms with Gasteiger partial charge in [-0.3, -0.25) is 4.79 Å². The lowest BCUT2D eigenvalue weighted by atomic mass is 10.1. The lowest BCUT2D eigenvalue weighted by Crippen LogP contribution is -2.30. The summed E-state index contributed by atoms with van der Waals surface area (Å²) in [6.07, 6.45) is 1.08. The van der Waals surface area contributed by atoms with Crippen molar-refractivity contribution in [2.24, 2.45) is 5.92 Å². The maximum atomic E-state index is 11.1. The normalized spacial score (nSPS) is 26.9. The van der Waals surface area contributed by atoms with Gasteiger partial charge in [0.05, 0.1) is 6.61 Å². The minimum atomic E-state index is 0.0981. The Kier molecular flexibility index (Phi) is 2.88. The van der Waals surface area contributed by atoms with E-state index in [0.717, 1.165) is 19.6 Å². The molecule has 0 radical (unpaired) electrons. The first-order valence-corrected chi connectivity index (χ1v) is 4.05. The van der Waals surface area contributed by atoms with E-state index >= 15 is 0 Å². The minimum Gasteiger partial charge on any atom is -0.371 e. The van der Waals surface area contributed by atoms with Crippen molar-refractivity contribution in [2.75, 3.05) is 26.8 Å². The van der Waals surface area contributed by atoms with Crippen LogP contribution in [0.2, 0.25) is 0 Å². The molecule has 0 aliphatic carbocycles. The van der Waals surface area contributed by atoms with Crippen LogP contribution in [0.15, 0.2) is 0 Å². The smallest absolute Gasteiger partial charge is 0.248 e. The summed E-state index contributed by atoms with van der Waals surface area (Å²) in [6.45, 7) is 3.95. The highest BCUT2D eigenvalue weighted by molar-refractivity contribution is 5.77. The van der Waals surface area contributed by atoms with Gasteiger partial charge in [0, 0.05) is 13.6 Å². The van der Waals surface area contributed by atoms with Crippen LogP contribution < -0.4 is 0 Å². The second-order valence-corrected chi connectivity index (χ2v) is 3.06. The molecule has 1 amide bonds. The number of nitrogens with zero attached hydrogens (tertiary/aromatic N) is 1. The molecule has 1 aliphatic rings. The van der Waals surface area contributed by atoms with Crippen LogP contribution in [-0.4, -0.2) is 37.6 Å². The van der Waals surface area contributed by atoms with E-state index in [1.54, 1.807) is 4.90 Å². The molecule has 3 heteroatoms. The Morgan fingerprint density at radius 2 is 2.45 bits per heavy atom. The van der Waals surface area contributed by atoms with Crippen molar-refractivity contribution in [1.82, 2.24) is 4.90 Å². The first-order chi connectivity index (χ1) is 5.24. The second-order valence-electron chi connectivity index (χ2n) is 3.06. The molecule has 0 N–H and O–H groups in total. The predicted molar refractivity (Wildman–Crippen MR) is 42.2 cm³/mol. The SMILES string of the molecule is CC[C@H]1COCC(=O)N(C)C1. The molecule has 0 bridgehead atoms. The van der Waals surface area contributed by atoms with E-state index in [9.17, 15) is 4.79 Å². The summed E-state index contributed by atoms with van der Waals surface area (Å²) in [6, 6.07) is 0. The number of carbonyl (C=O) groups excluding carboxylic acids is 1. The molecule has 0 spiro atoms. The average Bonchev–Trinajstić information content (AvgIpc) is 2.15. The first-order valence-electron chi connectivity index (χ1n) is 4.05. The molecule has 11 heavy (non-hydrogen) atoms. The van der Waals surface area contributed by atoms with Crippen LogP contribution in [0.3, 0.4) is 0 Å². The van der Waals surface area contributed by atoms with Gasteiger partial charge in [0.2, 0.25) is 5.91 Å². The summed E-state index contributed by atoms with van der Waals surface area (Å²) in [5.74, 6) is 0.618. The lowest BCUT2D eigenvalue weighted by molar-refractivity contribution is -0.132. The Morgan fingerprint density at radius 1 is 1.73 bits per heavy atom. The highest BCUT2D eigenvalue weighted by Gasteiger charge is 2.18. The van der Waals surface area contributed by atoms with E-state index in [-0.39, 0.29) is 12.5 Å². The third-order valence-electron chi connectivity index (χ3n) is 2.11. The molecule has 1 fully saturated rings. The van der Waals surface area contributed by atoms with Crippen LogP contribution in [0.25, 0.3) is 0 Å².